The van der Waals surface area contributed by atoms with Gasteiger partial charge >= 0.3 is 0 Å². The van der Waals surface area contributed by atoms with Crippen molar-refractivity contribution in [3.63, 3.8) is 0 Å². The second kappa shape index (κ2) is 7.22. The maximum Gasteiger partial charge on any atom is 0.147 e. The summed E-state index contributed by atoms with van der Waals surface area (Å²) in [5.74, 6) is 0.641. The SMILES string of the molecule is CC(C)C(CN(C)C)NCC1CCOCO1. The molecule has 0 aromatic rings. The number of nitrogens with zero attached hydrogens (tertiary/aromatic N) is 1. The van der Waals surface area contributed by atoms with Gasteiger partial charge in [-0.3, -0.25) is 0 Å². The summed E-state index contributed by atoms with van der Waals surface area (Å²) in [5.41, 5.74) is 0. The van der Waals surface area contributed by atoms with Gasteiger partial charge in [-0.2, -0.15) is 0 Å². The molecule has 0 radical (unpaired) electrons. The van der Waals surface area contributed by atoms with Crippen LogP contribution in [-0.4, -0.2) is 57.6 Å². The first-order valence-corrected chi connectivity index (χ1v) is 6.17. The van der Waals surface area contributed by atoms with Crippen LogP contribution in [0.4, 0.5) is 0 Å². The summed E-state index contributed by atoms with van der Waals surface area (Å²) >= 11 is 0. The van der Waals surface area contributed by atoms with Crippen LogP contribution in [0, 0.1) is 5.92 Å². The van der Waals surface area contributed by atoms with Gasteiger partial charge < -0.3 is 19.7 Å². The molecule has 1 aliphatic rings. The molecular formula is C12H26N2O2. The van der Waals surface area contributed by atoms with Gasteiger partial charge in [-0.1, -0.05) is 13.8 Å². The third kappa shape index (κ3) is 5.25. The van der Waals surface area contributed by atoms with E-state index >= 15 is 0 Å². The number of nitrogens with one attached hydrogen (secondary N) is 1. The molecule has 2 atom stereocenters. The van der Waals surface area contributed by atoms with E-state index < -0.39 is 0 Å². The second-order valence-electron chi connectivity index (χ2n) is 5.12. The number of hydrogen-bond donors (Lipinski definition) is 1. The Hall–Kier alpha value is -0.160. The lowest BCUT2D eigenvalue weighted by Gasteiger charge is -2.29. The van der Waals surface area contributed by atoms with Crippen LogP contribution in [0.3, 0.4) is 0 Å². The van der Waals surface area contributed by atoms with Gasteiger partial charge in [0.2, 0.25) is 0 Å². The van der Waals surface area contributed by atoms with Crippen molar-refractivity contribution in [1.82, 2.24) is 10.2 Å². The van der Waals surface area contributed by atoms with Gasteiger partial charge in [0, 0.05) is 19.1 Å². The first kappa shape index (κ1) is 13.9. The van der Waals surface area contributed by atoms with E-state index in [0.29, 0.717) is 24.9 Å². The van der Waals surface area contributed by atoms with Crippen LogP contribution < -0.4 is 5.32 Å². The van der Waals surface area contributed by atoms with E-state index in [-0.39, 0.29) is 0 Å². The van der Waals surface area contributed by atoms with E-state index in [1.54, 1.807) is 0 Å². The van der Waals surface area contributed by atoms with E-state index in [2.05, 4.69) is 38.2 Å². The van der Waals surface area contributed by atoms with Crippen LogP contribution in [-0.2, 0) is 9.47 Å². The molecule has 96 valence electrons. The molecule has 1 fully saturated rings. The van der Waals surface area contributed by atoms with Gasteiger partial charge in [0.1, 0.15) is 6.79 Å². The van der Waals surface area contributed by atoms with Crippen molar-refractivity contribution in [2.75, 3.05) is 40.6 Å². The second-order valence-corrected chi connectivity index (χ2v) is 5.12. The summed E-state index contributed by atoms with van der Waals surface area (Å²) in [6, 6.07) is 0.529. The first-order valence-electron chi connectivity index (χ1n) is 6.17. The number of rotatable bonds is 6. The van der Waals surface area contributed by atoms with Crippen molar-refractivity contribution >= 4 is 0 Å². The predicted octanol–water partition coefficient (Wildman–Crippen LogP) is 0.925. The molecule has 1 saturated heterocycles. The minimum atomic E-state index is 0.317. The van der Waals surface area contributed by atoms with Gasteiger partial charge in [0.15, 0.2) is 0 Å². The molecule has 0 saturated carbocycles. The van der Waals surface area contributed by atoms with E-state index in [9.17, 15) is 0 Å². The van der Waals surface area contributed by atoms with E-state index in [1.165, 1.54) is 0 Å². The fourth-order valence-electron chi connectivity index (χ4n) is 1.85. The Morgan fingerprint density at radius 3 is 2.62 bits per heavy atom. The van der Waals surface area contributed by atoms with Gasteiger partial charge in [0.25, 0.3) is 0 Å². The van der Waals surface area contributed by atoms with Crippen molar-refractivity contribution in [3.05, 3.63) is 0 Å². The lowest BCUT2D eigenvalue weighted by Crippen LogP contribution is -2.46. The van der Waals surface area contributed by atoms with Crippen LogP contribution in [0.1, 0.15) is 20.3 Å². The molecule has 4 nitrogen and oxygen atoms in total. The molecule has 1 N–H and O–H groups in total. The quantitative estimate of drug-likeness (QED) is 0.736. The summed E-state index contributed by atoms with van der Waals surface area (Å²) in [6.07, 6.45) is 1.32. The van der Waals surface area contributed by atoms with Crippen molar-refractivity contribution < 1.29 is 9.47 Å². The Morgan fingerprint density at radius 2 is 2.12 bits per heavy atom. The fourth-order valence-corrected chi connectivity index (χ4v) is 1.85. The van der Waals surface area contributed by atoms with E-state index in [4.69, 9.17) is 9.47 Å². The maximum atomic E-state index is 5.51. The molecule has 1 heterocycles. The fraction of sp³-hybridized carbons (Fsp3) is 1.00. The Balaban J connectivity index is 2.25. The van der Waals surface area contributed by atoms with Crippen LogP contribution in [0.25, 0.3) is 0 Å². The van der Waals surface area contributed by atoms with Crippen LogP contribution in [0.5, 0.6) is 0 Å². The zero-order valence-corrected chi connectivity index (χ0v) is 11.0. The molecule has 4 heteroatoms. The molecule has 1 aliphatic heterocycles. The molecule has 16 heavy (non-hydrogen) atoms. The van der Waals surface area contributed by atoms with Gasteiger partial charge in [-0.25, -0.2) is 0 Å². The summed E-state index contributed by atoms with van der Waals surface area (Å²) in [4.78, 5) is 2.22. The van der Waals surface area contributed by atoms with Gasteiger partial charge in [-0.15, -0.1) is 0 Å². The zero-order chi connectivity index (χ0) is 12.0. The van der Waals surface area contributed by atoms with E-state index in [1.807, 2.05) is 0 Å². The smallest absolute Gasteiger partial charge is 0.147 e. The van der Waals surface area contributed by atoms with Crippen LogP contribution in [0.15, 0.2) is 0 Å². The standard InChI is InChI=1S/C12H26N2O2/c1-10(2)12(8-14(3)4)13-7-11-5-6-15-9-16-11/h10-13H,5-9H2,1-4H3. The highest BCUT2D eigenvalue weighted by Gasteiger charge is 2.18. The Bertz CT molecular complexity index is 180. The average Bonchev–Trinajstić information content (AvgIpc) is 2.25. The first-order chi connectivity index (χ1) is 7.59. The molecule has 0 spiro atoms. The van der Waals surface area contributed by atoms with Gasteiger partial charge in [0.05, 0.1) is 12.7 Å². The lowest BCUT2D eigenvalue weighted by molar-refractivity contribution is -0.137. The minimum absolute atomic E-state index is 0.317. The highest BCUT2D eigenvalue weighted by molar-refractivity contribution is 4.75. The molecule has 1 rings (SSSR count). The van der Waals surface area contributed by atoms with Gasteiger partial charge in [-0.05, 0) is 26.4 Å². The molecular weight excluding hydrogens is 204 g/mol. The summed E-state index contributed by atoms with van der Waals surface area (Å²) in [5, 5.41) is 3.60. The summed E-state index contributed by atoms with van der Waals surface area (Å²) < 4.78 is 10.7. The summed E-state index contributed by atoms with van der Waals surface area (Å²) in [7, 11) is 4.23. The van der Waals surface area contributed by atoms with Crippen molar-refractivity contribution in [2.45, 2.75) is 32.4 Å². The van der Waals surface area contributed by atoms with Crippen molar-refractivity contribution in [2.24, 2.45) is 5.92 Å². The van der Waals surface area contributed by atoms with Crippen LogP contribution in [0.2, 0.25) is 0 Å². The third-order valence-electron chi connectivity index (χ3n) is 2.95. The Labute approximate surface area is 99.3 Å². The molecule has 2 unspecified atom stereocenters. The number of hydrogen-bond acceptors (Lipinski definition) is 4. The molecule has 0 aromatic carbocycles. The molecule has 0 aliphatic carbocycles. The minimum Gasteiger partial charge on any atom is -0.355 e. The van der Waals surface area contributed by atoms with E-state index in [0.717, 1.165) is 26.1 Å². The molecule has 0 amide bonds. The van der Waals surface area contributed by atoms with Crippen molar-refractivity contribution in [3.8, 4) is 0 Å². The molecule has 0 aromatic heterocycles. The number of ether oxygens (including phenoxy) is 2. The molecule has 0 bridgehead atoms. The largest absolute Gasteiger partial charge is 0.355 e. The monoisotopic (exact) mass is 230 g/mol. The lowest BCUT2D eigenvalue weighted by atomic mass is 10.0. The van der Waals surface area contributed by atoms with Crippen LogP contribution >= 0.6 is 0 Å². The normalized spacial score (nSPS) is 24.0. The Morgan fingerprint density at radius 1 is 1.38 bits per heavy atom. The Kier molecular flexibility index (Phi) is 6.28. The highest BCUT2D eigenvalue weighted by atomic mass is 16.7. The summed E-state index contributed by atoms with van der Waals surface area (Å²) in [6.45, 7) is 7.79. The maximum absolute atomic E-state index is 5.51. The third-order valence-corrected chi connectivity index (χ3v) is 2.95. The average molecular weight is 230 g/mol. The number of likely N-dealkylation sites (N-methyl/N-ethyl adjacent to an activating group) is 1. The zero-order valence-electron chi connectivity index (χ0n) is 11.0. The predicted molar refractivity (Wildman–Crippen MR) is 65.5 cm³/mol. The van der Waals surface area contributed by atoms with Crippen molar-refractivity contribution in [1.29, 1.82) is 0 Å². The highest BCUT2D eigenvalue weighted by Crippen LogP contribution is 2.07. The topological polar surface area (TPSA) is 33.7 Å².